The zero-order chi connectivity index (χ0) is 16.2. The van der Waals surface area contributed by atoms with Gasteiger partial charge in [-0.25, -0.2) is 15.0 Å². The van der Waals surface area contributed by atoms with Gasteiger partial charge in [0, 0.05) is 5.56 Å². The van der Waals surface area contributed by atoms with Gasteiger partial charge < -0.3 is 0 Å². The van der Waals surface area contributed by atoms with Gasteiger partial charge in [0.05, 0.1) is 0 Å². The quantitative estimate of drug-likeness (QED) is 0.752. The maximum Gasteiger partial charge on any atom is 0.162 e. The van der Waals surface area contributed by atoms with E-state index in [1.54, 1.807) is 0 Å². The number of rotatable bonds is 2. The highest BCUT2D eigenvalue weighted by Crippen LogP contribution is 2.23. The smallest absolute Gasteiger partial charge is 0.162 e. The molecule has 0 saturated heterocycles. The summed E-state index contributed by atoms with van der Waals surface area (Å²) in [5.74, 6) is 0.713. The van der Waals surface area contributed by atoms with Crippen molar-refractivity contribution in [3.8, 4) is 11.4 Å². The van der Waals surface area contributed by atoms with Crippen molar-refractivity contribution in [2.75, 3.05) is 0 Å². The molecule has 116 valence electrons. The molecule has 0 unspecified atom stereocenters. The summed E-state index contributed by atoms with van der Waals surface area (Å²) in [6.45, 7) is 8.00. The second kappa shape index (κ2) is 10.4. The zero-order valence-electron chi connectivity index (χ0n) is 14.0. The minimum Gasteiger partial charge on any atom is -0.225 e. The van der Waals surface area contributed by atoms with Gasteiger partial charge in [-0.05, 0) is 24.0 Å². The first kappa shape index (κ1) is 17.8. The predicted molar refractivity (Wildman–Crippen MR) is 94.3 cm³/mol. The van der Waals surface area contributed by atoms with E-state index < -0.39 is 0 Å². The summed E-state index contributed by atoms with van der Waals surface area (Å²) in [5.41, 5.74) is 3.55. The van der Waals surface area contributed by atoms with Gasteiger partial charge in [-0.15, -0.1) is 0 Å². The molecule has 3 heteroatoms. The summed E-state index contributed by atoms with van der Waals surface area (Å²) >= 11 is 0. The van der Waals surface area contributed by atoms with E-state index >= 15 is 0 Å². The predicted octanol–water partition coefficient (Wildman–Crippen LogP) is 5.32. The molecule has 3 rings (SSSR count). The molecule has 1 aromatic heterocycles. The number of hydrogen-bond acceptors (Lipinski definition) is 3. The fourth-order valence-electron chi connectivity index (χ4n) is 2.03. The fourth-order valence-corrected chi connectivity index (χ4v) is 2.03. The lowest BCUT2D eigenvalue weighted by atomic mass is 9.98. The molecular weight excluding hydrogens is 270 g/mol. The molecule has 0 bridgehead atoms. The summed E-state index contributed by atoms with van der Waals surface area (Å²) < 4.78 is 0. The summed E-state index contributed by atoms with van der Waals surface area (Å²) in [7, 11) is 0. The standard InChI is InChI=1S/C15H13N3.2C2H6/c1-2-4-12(5-3-1)13-6-8-14(9-7-13)15-17-10-16-11-18-15;2*1-2/h2,4-11H,1,3H2;2*1-2H3. The Balaban J connectivity index is 0.000000561. The minimum atomic E-state index is 0.713. The normalized spacial score (nSPS) is 12.3. The highest BCUT2D eigenvalue weighted by molar-refractivity contribution is 5.76. The van der Waals surface area contributed by atoms with E-state index in [2.05, 4.69) is 45.3 Å². The van der Waals surface area contributed by atoms with Crippen LogP contribution >= 0.6 is 0 Å². The van der Waals surface area contributed by atoms with E-state index in [1.165, 1.54) is 23.8 Å². The van der Waals surface area contributed by atoms with Crippen LogP contribution in [0.5, 0.6) is 0 Å². The maximum absolute atomic E-state index is 4.14. The van der Waals surface area contributed by atoms with Crippen LogP contribution < -0.4 is 0 Å². The largest absolute Gasteiger partial charge is 0.225 e. The van der Waals surface area contributed by atoms with E-state index in [0.29, 0.717) is 5.82 Å². The molecule has 0 amide bonds. The molecular formula is C19H25N3. The SMILES string of the molecule is C1=CC(c2ccc(-c3ncncn3)cc2)=CCC1.CC.CC. The van der Waals surface area contributed by atoms with Crippen molar-refractivity contribution in [1.82, 2.24) is 15.0 Å². The lowest BCUT2D eigenvalue weighted by molar-refractivity contribution is 1.04. The fraction of sp³-hybridized carbons (Fsp3) is 0.316. The Morgan fingerprint density at radius 3 is 1.91 bits per heavy atom. The summed E-state index contributed by atoms with van der Waals surface area (Å²) in [6.07, 6.45) is 12.0. The number of nitrogens with zero attached hydrogens (tertiary/aromatic N) is 3. The van der Waals surface area contributed by atoms with Gasteiger partial charge in [-0.1, -0.05) is 70.2 Å². The number of hydrogen-bond donors (Lipinski definition) is 0. The molecule has 0 aliphatic heterocycles. The molecule has 1 aromatic carbocycles. The molecule has 22 heavy (non-hydrogen) atoms. The number of allylic oxidation sites excluding steroid dienone is 4. The third kappa shape index (κ3) is 4.92. The van der Waals surface area contributed by atoms with E-state index in [9.17, 15) is 0 Å². The van der Waals surface area contributed by atoms with Crippen molar-refractivity contribution < 1.29 is 0 Å². The Morgan fingerprint density at radius 1 is 0.773 bits per heavy atom. The molecule has 1 aliphatic carbocycles. The van der Waals surface area contributed by atoms with Gasteiger partial charge in [0.2, 0.25) is 0 Å². The average Bonchev–Trinajstić information content (AvgIpc) is 2.67. The Bertz CT molecular complexity index is 584. The molecule has 0 fully saturated rings. The summed E-state index contributed by atoms with van der Waals surface area (Å²) in [6, 6.07) is 8.32. The van der Waals surface area contributed by atoms with Crippen LogP contribution in [0.25, 0.3) is 17.0 Å². The van der Waals surface area contributed by atoms with Crippen LogP contribution in [-0.4, -0.2) is 15.0 Å². The molecule has 3 nitrogen and oxygen atoms in total. The summed E-state index contributed by atoms with van der Waals surface area (Å²) in [4.78, 5) is 12.1. The van der Waals surface area contributed by atoms with Crippen molar-refractivity contribution in [1.29, 1.82) is 0 Å². The van der Waals surface area contributed by atoms with Gasteiger partial charge in [0.1, 0.15) is 12.7 Å². The highest BCUT2D eigenvalue weighted by atomic mass is 15.0. The van der Waals surface area contributed by atoms with Crippen molar-refractivity contribution in [2.24, 2.45) is 0 Å². The molecule has 1 heterocycles. The zero-order valence-corrected chi connectivity index (χ0v) is 14.0. The minimum absolute atomic E-state index is 0.713. The van der Waals surface area contributed by atoms with Crippen molar-refractivity contribution in [3.63, 3.8) is 0 Å². The van der Waals surface area contributed by atoms with Crippen LogP contribution in [0.15, 0.2) is 55.1 Å². The number of benzene rings is 1. The molecule has 0 saturated carbocycles. The van der Waals surface area contributed by atoms with Crippen LogP contribution in [0.4, 0.5) is 0 Å². The summed E-state index contributed by atoms with van der Waals surface area (Å²) in [5, 5.41) is 0. The second-order valence-corrected chi connectivity index (χ2v) is 4.18. The highest BCUT2D eigenvalue weighted by Gasteiger charge is 2.03. The molecule has 0 N–H and O–H groups in total. The van der Waals surface area contributed by atoms with Crippen LogP contribution in [0, 0.1) is 0 Å². The Labute approximate surface area is 133 Å². The molecule has 0 spiro atoms. The number of aromatic nitrogens is 3. The Kier molecular flexibility index (Phi) is 8.43. The Hall–Kier alpha value is -2.29. The van der Waals surface area contributed by atoms with Crippen LogP contribution in [0.2, 0.25) is 0 Å². The lowest BCUT2D eigenvalue weighted by Gasteiger charge is -2.07. The average molecular weight is 295 g/mol. The third-order valence-electron chi connectivity index (χ3n) is 2.96. The van der Waals surface area contributed by atoms with Crippen LogP contribution in [0.3, 0.4) is 0 Å². The van der Waals surface area contributed by atoms with Gasteiger partial charge in [-0.2, -0.15) is 0 Å². The molecule has 0 radical (unpaired) electrons. The molecule has 1 aliphatic rings. The van der Waals surface area contributed by atoms with E-state index in [0.717, 1.165) is 18.4 Å². The van der Waals surface area contributed by atoms with Crippen molar-refractivity contribution >= 4 is 5.57 Å². The van der Waals surface area contributed by atoms with E-state index in [-0.39, 0.29) is 0 Å². The first-order valence-corrected chi connectivity index (χ1v) is 8.03. The first-order valence-electron chi connectivity index (χ1n) is 8.03. The van der Waals surface area contributed by atoms with Crippen LogP contribution in [0.1, 0.15) is 46.1 Å². The van der Waals surface area contributed by atoms with Gasteiger partial charge >= 0.3 is 0 Å². The first-order chi connectivity index (χ1) is 10.9. The molecule has 2 aromatic rings. The van der Waals surface area contributed by atoms with Gasteiger partial charge in [-0.3, -0.25) is 0 Å². The van der Waals surface area contributed by atoms with Gasteiger partial charge in [0.15, 0.2) is 5.82 Å². The maximum atomic E-state index is 4.14. The van der Waals surface area contributed by atoms with Crippen LogP contribution in [-0.2, 0) is 0 Å². The molecule has 0 atom stereocenters. The van der Waals surface area contributed by atoms with Crippen molar-refractivity contribution in [2.45, 2.75) is 40.5 Å². The third-order valence-corrected chi connectivity index (χ3v) is 2.96. The monoisotopic (exact) mass is 295 g/mol. The van der Waals surface area contributed by atoms with Crippen molar-refractivity contribution in [3.05, 3.63) is 60.7 Å². The van der Waals surface area contributed by atoms with E-state index in [4.69, 9.17) is 0 Å². The Morgan fingerprint density at radius 2 is 1.36 bits per heavy atom. The lowest BCUT2D eigenvalue weighted by Crippen LogP contribution is -1.90. The van der Waals surface area contributed by atoms with Gasteiger partial charge in [0.25, 0.3) is 0 Å². The van der Waals surface area contributed by atoms with E-state index in [1.807, 2.05) is 39.8 Å². The topological polar surface area (TPSA) is 38.7 Å². The second-order valence-electron chi connectivity index (χ2n) is 4.18.